The molecule has 3 fully saturated rings. The van der Waals surface area contributed by atoms with E-state index >= 15 is 0 Å². The van der Waals surface area contributed by atoms with Gasteiger partial charge in [-0.25, -0.2) is 18.1 Å². The maximum absolute atomic E-state index is 14.8. The summed E-state index contributed by atoms with van der Waals surface area (Å²) in [5.41, 5.74) is 0.0537. The third kappa shape index (κ3) is 8.01. The molecule has 306 valence electrons. The summed E-state index contributed by atoms with van der Waals surface area (Å²) < 4.78 is 39.9. The van der Waals surface area contributed by atoms with Crippen molar-refractivity contribution in [1.82, 2.24) is 34.9 Å². The summed E-state index contributed by atoms with van der Waals surface area (Å²) in [6.07, 6.45) is 5.32. The molecule has 7 rings (SSSR count). The van der Waals surface area contributed by atoms with E-state index in [0.717, 1.165) is 17.5 Å². The lowest BCUT2D eigenvalue weighted by atomic mass is 9.79. The van der Waals surface area contributed by atoms with Gasteiger partial charge in [-0.15, -0.1) is 23.0 Å². The Morgan fingerprint density at radius 2 is 1.72 bits per heavy atom. The van der Waals surface area contributed by atoms with Gasteiger partial charge in [-0.3, -0.25) is 19.2 Å². The summed E-state index contributed by atoms with van der Waals surface area (Å²) in [4.78, 5) is 64.1. The molecular weight excluding hydrogens is 783 g/mol. The van der Waals surface area contributed by atoms with Crippen molar-refractivity contribution in [2.45, 2.75) is 88.4 Å². The maximum Gasteiger partial charge on any atom is 0.319 e. The van der Waals surface area contributed by atoms with Gasteiger partial charge in [0.2, 0.25) is 11.8 Å². The monoisotopic (exact) mass is 829 g/mol. The predicted octanol–water partition coefficient (Wildman–Crippen LogP) is 4.85. The summed E-state index contributed by atoms with van der Waals surface area (Å²) in [5.74, 6) is -4.10. The highest BCUT2D eigenvalue weighted by atomic mass is 32.2. The first-order chi connectivity index (χ1) is 27.5. The Kier molecular flexibility index (Phi) is 11.1. The highest BCUT2D eigenvalue weighted by molar-refractivity contribution is 7.90. The molecule has 15 nitrogen and oxygen atoms in total. The number of nitrogens with one attached hydrogen (secondary N) is 2. The van der Waals surface area contributed by atoms with Crippen molar-refractivity contribution in [2.24, 2.45) is 17.3 Å². The van der Waals surface area contributed by atoms with Crippen LogP contribution < -0.4 is 14.8 Å². The predicted molar refractivity (Wildman–Crippen MR) is 215 cm³/mol. The molecule has 5 atom stereocenters. The molecule has 58 heavy (non-hydrogen) atoms. The van der Waals surface area contributed by atoms with Gasteiger partial charge in [0.25, 0.3) is 15.9 Å². The molecule has 0 spiro atoms. The number of sulfonamides is 1. The number of rotatable bonds is 13. The number of aromatic nitrogens is 4. The molecular formula is C41H47N7O8S2. The number of methoxy groups -OCH3 is 1. The van der Waals surface area contributed by atoms with Crippen LogP contribution in [0.1, 0.15) is 64.5 Å². The number of hydrogen-bond donors (Lipinski definition) is 2. The van der Waals surface area contributed by atoms with Crippen molar-refractivity contribution in [3.63, 3.8) is 0 Å². The smallest absolute Gasteiger partial charge is 0.319 e. The SMILES string of the molecule is C=C[C@@H]1C[C@@]1(NC(=O)[C@@H]1C[C@@H](n2nc(-c3ccc(OC)cc3)c(-c3nccs3)n2)CN1C(=O)[C@@H](C(=O)OC1CCC1)C(C)(C)C)C(=O)NS(=O)(=O)c1ccc(C)cc1. The second-order valence-corrected chi connectivity index (χ2v) is 18.8. The standard InChI is InChI=1S/C41H47N7O8S2/c1-7-26-22-41(26,39(52)46-58(53,54)30-17-11-24(2)12-18-30)43-35(49)31-21-27(23-47(31)37(50)32(40(3,4)5)38(51)56-29-9-8-10-29)48-44-33(25-13-15-28(55-6)16-14-25)34(45-48)36-42-19-20-57-36/h7,11-20,26-27,29,31-32H,1,8-10,21-23H2,2-6H3,(H,43,49)(H,46,52)/t26-,27-,31+,32+,41+/m1/s1. The summed E-state index contributed by atoms with van der Waals surface area (Å²) in [6.45, 7) is 10.9. The zero-order valence-electron chi connectivity index (χ0n) is 33.0. The highest BCUT2D eigenvalue weighted by Gasteiger charge is 2.62. The summed E-state index contributed by atoms with van der Waals surface area (Å²) in [7, 11) is -2.72. The van der Waals surface area contributed by atoms with Crippen molar-refractivity contribution < 1.29 is 37.1 Å². The van der Waals surface area contributed by atoms with E-state index in [1.807, 2.05) is 24.4 Å². The summed E-state index contributed by atoms with van der Waals surface area (Å²) >= 11 is 1.38. The van der Waals surface area contributed by atoms with E-state index in [1.54, 1.807) is 58.3 Å². The molecule has 0 unspecified atom stereocenters. The topological polar surface area (TPSA) is 192 Å². The van der Waals surface area contributed by atoms with Crippen LogP contribution in [0.2, 0.25) is 0 Å². The van der Waals surface area contributed by atoms with Gasteiger partial charge in [0.1, 0.15) is 45.7 Å². The Balaban J connectivity index is 1.22. The fraction of sp³-hybridized carbons (Fsp3) is 0.439. The van der Waals surface area contributed by atoms with Gasteiger partial charge in [-0.1, -0.05) is 44.5 Å². The van der Waals surface area contributed by atoms with E-state index in [9.17, 15) is 27.6 Å². The van der Waals surface area contributed by atoms with Crippen LogP contribution in [0.4, 0.5) is 0 Å². The molecule has 2 N–H and O–H groups in total. The Morgan fingerprint density at radius 1 is 1.03 bits per heavy atom. The van der Waals surface area contributed by atoms with Crippen LogP contribution in [-0.4, -0.2) is 88.3 Å². The van der Waals surface area contributed by atoms with Gasteiger partial charge in [0, 0.05) is 36.0 Å². The van der Waals surface area contributed by atoms with Crippen LogP contribution in [0.15, 0.2) is 77.7 Å². The number of ether oxygens (including phenoxy) is 2. The zero-order valence-corrected chi connectivity index (χ0v) is 34.6. The maximum atomic E-state index is 14.8. The van der Waals surface area contributed by atoms with E-state index in [1.165, 1.54) is 39.2 Å². The van der Waals surface area contributed by atoms with E-state index in [4.69, 9.17) is 19.7 Å². The zero-order chi connectivity index (χ0) is 41.6. The minimum absolute atomic E-state index is 0.0122. The Hall–Kier alpha value is -5.42. The van der Waals surface area contributed by atoms with E-state index in [0.29, 0.717) is 35.0 Å². The molecule has 3 aliphatic rings. The molecule has 3 heterocycles. The van der Waals surface area contributed by atoms with Crippen LogP contribution in [0.25, 0.3) is 22.0 Å². The fourth-order valence-electron chi connectivity index (χ4n) is 7.42. The molecule has 0 radical (unpaired) electrons. The number of carbonyl (C=O) groups excluding carboxylic acids is 4. The molecule has 1 aliphatic heterocycles. The van der Waals surface area contributed by atoms with E-state index in [2.05, 4.69) is 21.6 Å². The summed E-state index contributed by atoms with van der Waals surface area (Å²) in [5, 5.41) is 15.0. The first kappa shape index (κ1) is 40.8. The Bertz CT molecular complexity index is 2320. The molecule has 2 aromatic carbocycles. The lowest BCUT2D eigenvalue weighted by molar-refractivity contribution is -0.169. The minimum Gasteiger partial charge on any atom is -0.497 e. The first-order valence-electron chi connectivity index (χ1n) is 19.1. The number of likely N-dealkylation sites (tertiary alicyclic amines) is 1. The summed E-state index contributed by atoms with van der Waals surface area (Å²) in [6, 6.07) is 11.5. The van der Waals surface area contributed by atoms with Gasteiger partial charge in [0.05, 0.1) is 18.0 Å². The molecule has 17 heteroatoms. The van der Waals surface area contributed by atoms with Crippen LogP contribution in [0, 0.1) is 24.2 Å². The molecule has 1 saturated heterocycles. The minimum atomic E-state index is -4.30. The number of thiazole rings is 1. The van der Waals surface area contributed by atoms with E-state index < -0.39 is 68.6 Å². The van der Waals surface area contributed by atoms with Gasteiger partial charge in [0.15, 0.2) is 0 Å². The molecule has 3 amide bonds. The quantitative estimate of drug-likeness (QED) is 0.106. The highest BCUT2D eigenvalue weighted by Crippen LogP contribution is 2.46. The van der Waals surface area contributed by atoms with Crippen LogP contribution in [-0.2, 0) is 33.9 Å². The molecule has 2 aromatic heterocycles. The lowest BCUT2D eigenvalue weighted by Crippen LogP contribution is -2.57. The molecule has 2 aliphatic carbocycles. The number of esters is 1. The second kappa shape index (κ2) is 15.7. The van der Waals surface area contributed by atoms with Crippen molar-refractivity contribution in [3.8, 4) is 27.7 Å². The van der Waals surface area contributed by atoms with Gasteiger partial charge in [-0.05, 0) is 74.4 Å². The van der Waals surface area contributed by atoms with Crippen LogP contribution in [0.3, 0.4) is 0 Å². The normalized spacial score (nSPS) is 22.4. The third-order valence-electron chi connectivity index (χ3n) is 11.1. The number of aryl methyl sites for hydroxylation is 1. The third-order valence-corrected chi connectivity index (χ3v) is 13.2. The fourth-order valence-corrected chi connectivity index (χ4v) is 9.08. The van der Waals surface area contributed by atoms with E-state index in [-0.39, 0.29) is 30.4 Å². The average molecular weight is 830 g/mol. The van der Waals surface area contributed by atoms with Gasteiger partial charge < -0.3 is 19.7 Å². The van der Waals surface area contributed by atoms with Gasteiger partial charge >= 0.3 is 5.97 Å². The van der Waals surface area contributed by atoms with Crippen LogP contribution in [0.5, 0.6) is 5.75 Å². The van der Waals surface area contributed by atoms with Crippen molar-refractivity contribution in [2.75, 3.05) is 13.7 Å². The van der Waals surface area contributed by atoms with Crippen molar-refractivity contribution in [1.29, 1.82) is 0 Å². The number of carbonyl (C=O) groups is 4. The Morgan fingerprint density at radius 3 is 2.29 bits per heavy atom. The lowest BCUT2D eigenvalue weighted by Gasteiger charge is -2.35. The number of amides is 3. The second-order valence-electron chi connectivity index (χ2n) is 16.2. The van der Waals surface area contributed by atoms with Crippen molar-refractivity contribution in [3.05, 3.63) is 78.3 Å². The number of hydrogen-bond acceptors (Lipinski definition) is 12. The average Bonchev–Trinajstić information content (AvgIpc) is 3.61. The van der Waals surface area contributed by atoms with Crippen molar-refractivity contribution >= 4 is 45.1 Å². The molecule has 0 bridgehead atoms. The van der Waals surface area contributed by atoms with Crippen LogP contribution >= 0.6 is 11.3 Å². The van der Waals surface area contributed by atoms with Gasteiger partial charge in [-0.2, -0.15) is 9.90 Å². The Labute approximate surface area is 341 Å². The number of benzene rings is 2. The number of nitrogens with zero attached hydrogens (tertiary/aromatic N) is 5. The molecule has 4 aromatic rings. The first-order valence-corrected chi connectivity index (χ1v) is 21.5. The largest absolute Gasteiger partial charge is 0.497 e. The molecule has 2 saturated carbocycles.